The Labute approximate surface area is 90.4 Å². The van der Waals surface area contributed by atoms with Gasteiger partial charge in [0.05, 0.1) is 11.7 Å². The van der Waals surface area contributed by atoms with Gasteiger partial charge in [0.1, 0.15) is 5.75 Å². The van der Waals surface area contributed by atoms with E-state index < -0.39 is 0 Å². The monoisotopic (exact) mass is 207 g/mol. The van der Waals surface area contributed by atoms with Gasteiger partial charge < -0.3 is 10.1 Å². The number of hydrogen-bond acceptors (Lipinski definition) is 2. The lowest BCUT2D eigenvalue weighted by Crippen LogP contribution is -2.23. The molecule has 3 heteroatoms. The van der Waals surface area contributed by atoms with Crippen LogP contribution in [0.25, 0.3) is 0 Å². The normalized spacial score (nSPS) is 10.1. The van der Waals surface area contributed by atoms with Crippen LogP contribution < -0.4 is 10.1 Å². The molecule has 0 bridgehead atoms. The maximum Gasteiger partial charge on any atom is 0.255 e. The fraction of sp³-hybridized carbons (Fsp3) is 0.417. The Balaban J connectivity index is 2.90. The van der Waals surface area contributed by atoms with Crippen molar-refractivity contribution in [1.29, 1.82) is 0 Å². The molecule has 0 aromatic heterocycles. The van der Waals surface area contributed by atoms with E-state index >= 15 is 0 Å². The van der Waals surface area contributed by atoms with Crippen LogP contribution in [0, 0.1) is 0 Å². The molecular formula is C12H17NO2. The average molecular weight is 207 g/mol. The summed E-state index contributed by atoms with van der Waals surface area (Å²) in [6, 6.07) is 7.27. The minimum atomic E-state index is -0.0891. The molecule has 0 unspecified atom stereocenters. The average Bonchev–Trinajstić information content (AvgIpc) is 2.18. The highest BCUT2D eigenvalue weighted by Gasteiger charge is 2.11. The Morgan fingerprint density at radius 1 is 1.40 bits per heavy atom. The molecule has 0 radical (unpaired) electrons. The van der Waals surface area contributed by atoms with Gasteiger partial charge in [-0.2, -0.15) is 0 Å². The highest BCUT2D eigenvalue weighted by Crippen LogP contribution is 2.18. The number of ether oxygens (including phenoxy) is 1. The Kier molecular flexibility index (Phi) is 4.16. The van der Waals surface area contributed by atoms with Crippen molar-refractivity contribution in [2.75, 3.05) is 6.54 Å². The van der Waals surface area contributed by atoms with E-state index in [4.69, 9.17) is 4.74 Å². The number of rotatable bonds is 4. The van der Waals surface area contributed by atoms with Gasteiger partial charge in [0, 0.05) is 6.54 Å². The summed E-state index contributed by atoms with van der Waals surface area (Å²) in [7, 11) is 0. The fourth-order valence-electron chi connectivity index (χ4n) is 1.27. The zero-order valence-corrected chi connectivity index (χ0v) is 9.41. The maximum absolute atomic E-state index is 11.7. The van der Waals surface area contributed by atoms with E-state index in [2.05, 4.69) is 5.32 Å². The first-order chi connectivity index (χ1) is 7.15. The molecular weight excluding hydrogens is 190 g/mol. The zero-order valence-electron chi connectivity index (χ0n) is 9.41. The van der Waals surface area contributed by atoms with Gasteiger partial charge in [-0.1, -0.05) is 12.1 Å². The minimum Gasteiger partial charge on any atom is -0.490 e. The molecule has 82 valence electrons. The number of carbonyl (C=O) groups excluding carboxylic acids is 1. The van der Waals surface area contributed by atoms with E-state index in [1.807, 2.05) is 39.0 Å². The lowest BCUT2D eigenvalue weighted by molar-refractivity contribution is 0.0950. The number of carbonyl (C=O) groups is 1. The number of amides is 1. The van der Waals surface area contributed by atoms with Crippen molar-refractivity contribution in [3.05, 3.63) is 29.8 Å². The molecule has 0 fully saturated rings. The van der Waals surface area contributed by atoms with Crippen LogP contribution in [-0.2, 0) is 0 Å². The van der Waals surface area contributed by atoms with Gasteiger partial charge in [-0.3, -0.25) is 4.79 Å². The smallest absolute Gasteiger partial charge is 0.255 e. The summed E-state index contributed by atoms with van der Waals surface area (Å²) < 4.78 is 5.55. The van der Waals surface area contributed by atoms with Crippen LogP contribution in [0.4, 0.5) is 0 Å². The summed E-state index contributed by atoms with van der Waals surface area (Å²) in [5.41, 5.74) is 0.591. The fourth-order valence-corrected chi connectivity index (χ4v) is 1.27. The van der Waals surface area contributed by atoms with E-state index in [-0.39, 0.29) is 12.0 Å². The summed E-state index contributed by atoms with van der Waals surface area (Å²) in [4.78, 5) is 11.7. The first-order valence-corrected chi connectivity index (χ1v) is 5.19. The van der Waals surface area contributed by atoms with Crippen molar-refractivity contribution >= 4 is 5.91 Å². The molecule has 0 aliphatic carbocycles. The number of para-hydroxylation sites is 1. The highest BCUT2D eigenvalue weighted by atomic mass is 16.5. The van der Waals surface area contributed by atoms with Crippen molar-refractivity contribution in [1.82, 2.24) is 5.32 Å². The Morgan fingerprint density at radius 3 is 2.67 bits per heavy atom. The first kappa shape index (κ1) is 11.6. The second-order valence-corrected chi connectivity index (χ2v) is 3.52. The molecule has 0 saturated heterocycles. The van der Waals surface area contributed by atoms with Gasteiger partial charge in [-0.15, -0.1) is 0 Å². The first-order valence-electron chi connectivity index (χ1n) is 5.19. The molecule has 0 spiro atoms. The van der Waals surface area contributed by atoms with Crippen LogP contribution in [0.1, 0.15) is 31.1 Å². The summed E-state index contributed by atoms with van der Waals surface area (Å²) in [5, 5.41) is 2.76. The van der Waals surface area contributed by atoms with Crippen LogP contribution in [-0.4, -0.2) is 18.6 Å². The molecule has 1 N–H and O–H groups in total. The lowest BCUT2D eigenvalue weighted by Gasteiger charge is -2.13. The van der Waals surface area contributed by atoms with E-state index in [0.717, 1.165) is 0 Å². The third-order valence-electron chi connectivity index (χ3n) is 1.83. The summed E-state index contributed by atoms with van der Waals surface area (Å²) in [6.07, 6.45) is 0.0700. The van der Waals surface area contributed by atoms with Gasteiger partial charge in [-0.25, -0.2) is 0 Å². The van der Waals surface area contributed by atoms with Gasteiger partial charge in [0.15, 0.2) is 0 Å². The third-order valence-corrected chi connectivity index (χ3v) is 1.83. The Morgan fingerprint density at radius 2 is 2.07 bits per heavy atom. The van der Waals surface area contributed by atoms with Gasteiger partial charge in [0.2, 0.25) is 0 Å². The molecule has 1 rings (SSSR count). The molecule has 3 nitrogen and oxygen atoms in total. The summed E-state index contributed by atoms with van der Waals surface area (Å²) in [6.45, 7) is 6.39. The second kappa shape index (κ2) is 5.39. The molecule has 0 saturated carbocycles. The van der Waals surface area contributed by atoms with Crippen LogP contribution >= 0.6 is 0 Å². The quantitative estimate of drug-likeness (QED) is 0.822. The maximum atomic E-state index is 11.7. The van der Waals surface area contributed by atoms with E-state index in [0.29, 0.717) is 17.9 Å². The van der Waals surface area contributed by atoms with Crippen molar-refractivity contribution in [2.24, 2.45) is 0 Å². The molecule has 0 heterocycles. The minimum absolute atomic E-state index is 0.0700. The molecule has 1 aromatic rings. The van der Waals surface area contributed by atoms with Crippen LogP contribution in [0.15, 0.2) is 24.3 Å². The molecule has 0 atom stereocenters. The number of hydrogen-bond donors (Lipinski definition) is 1. The molecule has 0 aliphatic heterocycles. The zero-order chi connectivity index (χ0) is 11.3. The second-order valence-electron chi connectivity index (χ2n) is 3.52. The van der Waals surface area contributed by atoms with Crippen molar-refractivity contribution < 1.29 is 9.53 Å². The van der Waals surface area contributed by atoms with E-state index in [9.17, 15) is 4.79 Å². The lowest BCUT2D eigenvalue weighted by atomic mass is 10.2. The Hall–Kier alpha value is -1.51. The summed E-state index contributed by atoms with van der Waals surface area (Å²) in [5.74, 6) is 0.548. The largest absolute Gasteiger partial charge is 0.490 e. The predicted octanol–water partition coefficient (Wildman–Crippen LogP) is 2.22. The number of nitrogens with one attached hydrogen (secondary N) is 1. The van der Waals surface area contributed by atoms with Crippen LogP contribution in [0.3, 0.4) is 0 Å². The standard InChI is InChI=1S/C12H17NO2/c1-4-13-12(14)10-7-5-6-8-11(10)15-9(2)3/h5-9H,4H2,1-3H3,(H,13,14). The molecule has 15 heavy (non-hydrogen) atoms. The molecule has 1 aromatic carbocycles. The van der Waals surface area contributed by atoms with Gasteiger partial charge >= 0.3 is 0 Å². The summed E-state index contributed by atoms with van der Waals surface area (Å²) >= 11 is 0. The predicted molar refractivity (Wildman–Crippen MR) is 60.2 cm³/mol. The van der Waals surface area contributed by atoms with Crippen molar-refractivity contribution in [3.8, 4) is 5.75 Å². The van der Waals surface area contributed by atoms with Gasteiger partial charge in [0.25, 0.3) is 5.91 Å². The Bertz CT molecular complexity index is 334. The number of benzene rings is 1. The van der Waals surface area contributed by atoms with E-state index in [1.54, 1.807) is 6.07 Å². The highest BCUT2D eigenvalue weighted by molar-refractivity contribution is 5.96. The van der Waals surface area contributed by atoms with Gasteiger partial charge in [-0.05, 0) is 32.9 Å². The van der Waals surface area contributed by atoms with Crippen LogP contribution in [0.2, 0.25) is 0 Å². The van der Waals surface area contributed by atoms with E-state index in [1.165, 1.54) is 0 Å². The van der Waals surface area contributed by atoms with Crippen molar-refractivity contribution in [2.45, 2.75) is 26.9 Å². The topological polar surface area (TPSA) is 38.3 Å². The molecule has 0 aliphatic rings. The van der Waals surface area contributed by atoms with Crippen molar-refractivity contribution in [3.63, 3.8) is 0 Å². The molecule has 1 amide bonds. The third kappa shape index (κ3) is 3.27. The van der Waals surface area contributed by atoms with Crippen LogP contribution in [0.5, 0.6) is 5.75 Å². The SMILES string of the molecule is CCNC(=O)c1ccccc1OC(C)C.